The lowest BCUT2D eigenvalue weighted by Gasteiger charge is -2.20. The minimum atomic E-state index is -0.989. The molecule has 160 valence electrons. The summed E-state index contributed by atoms with van der Waals surface area (Å²) in [5, 5.41) is 3.47. The van der Waals surface area contributed by atoms with Crippen LogP contribution in [0.25, 0.3) is 10.9 Å². The van der Waals surface area contributed by atoms with Gasteiger partial charge in [0, 0.05) is 22.8 Å². The number of rotatable bonds is 5. The first kappa shape index (κ1) is 20.7. The van der Waals surface area contributed by atoms with Crippen LogP contribution in [0.4, 0.5) is 5.69 Å². The fraction of sp³-hybridized carbons (Fsp3) is 0.292. The molecule has 7 nitrogen and oxygen atoms in total. The third-order valence-electron chi connectivity index (χ3n) is 5.24. The van der Waals surface area contributed by atoms with Crippen molar-refractivity contribution in [2.75, 3.05) is 18.5 Å². The van der Waals surface area contributed by atoms with Crippen molar-refractivity contribution in [1.29, 1.82) is 0 Å². The number of aryl methyl sites for hydroxylation is 1. The summed E-state index contributed by atoms with van der Waals surface area (Å²) in [6.07, 6.45) is -0.297. The largest absolute Gasteiger partial charge is 0.486 e. The molecule has 1 N–H and O–H groups in total. The molecule has 0 spiro atoms. The Labute approximate surface area is 180 Å². The minimum Gasteiger partial charge on any atom is -0.486 e. The van der Waals surface area contributed by atoms with E-state index in [0.29, 0.717) is 47.8 Å². The minimum absolute atomic E-state index is 0.434. The second-order valence-electron chi connectivity index (χ2n) is 7.32. The van der Waals surface area contributed by atoms with Crippen molar-refractivity contribution in [2.24, 2.45) is 0 Å². The molecule has 0 fully saturated rings. The van der Waals surface area contributed by atoms with Crippen LogP contribution in [0.2, 0.25) is 0 Å². The highest BCUT2D eigenvalue weighted by molar-refractivity contribution is 6.06. The first-order chi connectivity index (χ1) is 15.0. The Kier molecular flexibility index (Phi) is 5.75. The van der Waals surface area contributed by atoms with Crippen LogP contribution in [0.3, 0.4) is 0 Å². The molecule has 1 atom stereocenters. The van der Waals surface area contributed by atoms with Crippen molar-refractivity contribution in [3.63, 3.8) is 0 Å². The van der Waals surface area contributed by atoms with Crippen LogP contribution in [0.1, 0.15) is 35.5 Å². The lowest BCUT2D eigenvalue weighted by Crippen LogP contribution is -2.30. The molecule has 31 heavy (non-hydrogen) atoms. The third kappa shape index (κ3) is 4.17. The fourth-order valence-corrected chi connectivity index (χ4v) is 3.60. The number of carbonyl (C=O) groups excluding carboxylic acids is 2. The smallest absolute Gasteiger partial charge is 0.339 e. The van der Waals surface area contributed by atoms with Gasteiger partial charge in [-0.15, -0.1) is 0 Å². The molecule has 1 aliphatic rings. The summed E-state index contributed by atoms with van der Waals surface area (Å²) >= 11 is 0. The standard InChI is InChI=1S/C24H24N2O5/c1-4-18-14(2)22(17-7-5-6-8-19(17)26-18)24(28)31-15(3)23(27)25-16-9-10-20-21(13-16)30-12-11-29-20/h5-10,13,15H,4,11-12H2,1-3H3,(H,25,27)/t15-/m0/s1. The van der Waals surface area contributed by atoms with E-state index in [-0.39, 0.29) is 0 Å². The summed E-state index contributed by atoms with van der Waals surface area (Å²) in [6, 6.07) is 12.6. The Morgan fingerprint density at radius 1 is 1.13 bits per heavy atom. The fourth-order valence-electron chi connectivity index (χ4n) is 3.60. The van der Waals surface area contributed by atoms with Crippen molar-refractivity contribution >= 4 is 28.5 Å². The molecular weight excluding hydrogens is 396 g/mol. The van der Waals surface area contributed by atoms with E-state index in [1.54, 1.807) is 25.1 Å². The SMILES string of the molecule is CCc1nc2ccccc2c(C(=O)O[C@@H](C)C(=O)Nc2ccc3c(c2)OCCO3)c1C. The van der Waals surface area contributed by atoms with Gasteiger partial charge in [0.1, 0.15) is 13.2 Å². The maximum atomic E-state index is 13.0. The molecule has 1 aliphatic heterocycles. The highest BCUT2D eigenvalue weighted by atomic mass is 16.6. The molecule has 0 saturated heterocycles. The predicted octanol–water partition coefficient (Wildman–Crippen LogP) is 4.06. The molecule has 0 aliphatic carbocycles. The summed E-state index contributed by atoms with van der Waals surface area (Å²) in [6.45, 7) is 6.34. The Balaban J connectivity index is 1.52. The molecule has 4 rings (SSSR count). The molecule has 7 heteroatoms. The van der Waals surface area contributed by atoms with Gasteiger partial charge in [0.2, 0.25) is 0 Å². The van der Waals surface area contributed by atoms with Crippen molar-refractivity contribution in [1.82, 2.24) is 4.98 Å². The lowest BCUT2D eigenvalue weighted by molar-refractivity contribution is -0.123. The highest BCUT2D eigenvalue weighted by Gasteiger charge is 2.24. The molecule has 0 unspecified atom stereocenters. The van der Waals surface area contributed by atoms with Crippen molar-refractivity contribution < 1.29 is 23.8 Å². The zero-order valence-electron chi connectivity index (χ0n) is 17.7. The summed E-state index contributed by atoms with van der Waals surface area (Å²) in [4.78, 5) is 30.3. The number of amides is 1. The number of nitrogens with one attached hydrogen (secondary N) is 1. The number of aromatic nitrogens is 1. The van der Waals surface area contributed by atoms with Crippen LogP contribution in [0, 0.1) is 6.92 Å². The average Bonchev–Trinajstić information content (AvgIpc) is 2.78. The topological polar surface area (TPSA) is 86.8 Å². The third-order valence-corrected chi connectivity index (χ3v) is 5.24. The van der Waals surface area contributed by atoms with Gasteiger partial charge in [-0.05, 0) is 44.0 Å². The second-order valence-corrected chi connectivity index (χ2v) is 7.32. The molecule has 3 aromatic rings. The Morgan fingerprint density at radius 3 is 2.65 bits per heavy atom. The number of ether oxygens (including phenoxy) is 3. The van der Waals surface area contributed by atoms with Gasteiger partial charge in [-0.3, -0.25) is 9.78 Å². The van der Waals surface area contributed by atoms with E-state index in [1.807, 2.05) is 38.1 Å². The monoisotopic (exact) mass is 420 g/mol. The quantitative estimate of drug-likeness (QED) is 0.627. The number of hydrogen-bond acceptors (Lipinski definition) is 6. The van der Waals surface area contributed by atoms with Crippen molar-refractivity contribution in [3.05, 3.63) is 59.3 Å². The maximum Gasteiger partial charge on any atom is 0.339 e. The number of fused-ring (bicyclic) bond motifs is 2. The molecule has 0 radical (unpaired) electrons. The van der Waals surface area contributed by atoms with Gasteiger partial charge in [0.15, 0.2) is 17.6 Å². The number of nitrogens with zero attached hydrogens (tertiary/aromatic N) is 1. The normalized spacial score (nSPS) is 13.5. The van der Waals surface area contributed by atoms with Crippen LogP contribution in [-0.2, 0) is 16.0 Å². The molecule has 1 aromatic heterocycles. The van der Waals surface area contributed by atoms with Gasteiger partial charge in [-0.2, -0.15) is 0 Å². The van der Waals surface area contributed by atoms with Gasteiger partial charge in [0.25, 0.3) is 5.91 Å². The average molecular weight is 420 g/mol. The molecule has 0 saturated carbocycles. The summed E-state index contributed by atoms with van der Waals surface area (Å²) in [7, 11) is 0. The van der Waals surface area contributed by atoms with Crippen LogP contribution in [0.5, 0.6) is 11.5 Å². The van der Waals surface area contributed by atoms with E-state index in [0.717, 1.165) is 16.8 Å². The molecule has 1 amide bonds. The van der Waals surface area contributed by atoms with Gasteiger partial charge in [-0.1, -0.05) is 25.1 Å². The molecular formula is C24H24N2O5. The van der Waals surface area contributed by atoms with Gasteiger partial charge >= 0.3 is 5.97 Å². The van der Waals surface area contributed by atoms with Crippen LogP contribution < -0.4 is 14.8 Å². The number of esters is 1. The van der Waals surface area contributed by atoms with E-state index in [2.05, 4.69) is 10.3 Å². The molecule has 0 bridgehead atoms. The Bertz CT molecular complexity index is 1160. The maximum absolute atomic E-state index is 13.0. The number of anilines is 1. The van der Waals surface area contributed by atoms with E-state index in [4.69, 9.17) is 14.2 Å². The second kappa shape index (κ2) is 8.63. The van der Waals surface area contributed by atoms with Gasteiger partial charge in [0.05, 0.1) is 11.1 Å². The van der Waals surface area contributed by atoms with E-state index < -0.39 is 18.0 Å². The number of para-hydroxylation sites is 1. The number of benzene rings is 2. The molecule has 2 heterocycles. The zero-order chi connectivity index (χ0) is 22.0. The van der Waals surface area contributed by atoms with Crippen molar-refractivity contribution in [3.8, 4) is 11.5 Å². The first-order valence-electron chi connectivity index (χ1n) is 10.3. The summed E-state index contributed by atoms with van der Waals surface area (Å²) in [5.41, 5.74) is 3.31. The van der Waals surface area contributed by atoms with E-state index >= 15 is 0 Å². The zero-order valence-corrected chi connectivity index (χ0v) is 17.7. The first-order valence-corrected chi connectivity index (χ1v) is 10.3. The van der Waals surface area contributed by atoms with E-state index in [1.165, 1.54) is 0 Å². The Hall–Kier alpha value is -3.61. The van der Waals surface area contributed by atoms with E-state index in [9.17, 15) is 9.59 Å². The van der Waals surface area contributed by atoms with Crippen molar-refractivity contribution in [2.45, 2.75) is 33.3 Å². The summed E-state index contributed by atoms with van der Waals surface area (Å²) in [5.74, 6) is 0.225. The van der Waals surface area contributed by atoms with Crippen LogP contribution in [-0.4, -0.2) is 36.2 Å². The Morgan fingerprint density at radius 2 is 1.87 bits per heavy atom. The van der Waals surface area contributed by atoms with Crippen LogP contribution >= 0.6 is 0 Å². The van der Waals surface area contributed by atoms with Gasteiger partial charge in [-0.25, -0.2) is 4.79 Å². The van der Waals surface area contributed by atoms with Gasteiger partial charge < -0.3 is 19.5 Å². The summed E-state index contributed by atoms with van der Waals surface area (Å²) < 4.78 is 16.6. The number of pyridine rings is 1. The highest BCUT2D eigenvalue weighted by Crippen LogP contribution is 2.32. The van der Waals surface area contributed by atoms with Crippen LogP contribution in [0.15, 0.2) is 42.5 Å². The number of carbonyl (C=O) groups is 2. The lowest BCUT2D eigenvalue weighted by atomic mass is 10.0. The number of hydrogen-bond donors (Lipinski definition) is 1. The predicted molar refractivity (Wildman–Crippen MR) is 117 cm³/mol. The molecule has 2 aromatic carbocycles.